The third-order valence-electron chi connectivity index (χ3n) is 5.86. The number of halogens is 3. The summed E-state index contributed by atoms with van der Waals surface area (Å²) in [7, 11) is -4.07. The molecule has 2 aromatic rings. The largest absolute Gasteiger partial charge is 0.443 e. The van der Waals surface area contributed by atoms with Crippen molar-refractivity contribution in [1.82, 2.24) is 14.7 Å². The number of nitrogens with zero attached hydrogens (tertiary/aromatic N) is 3. The number of carbonyl (C=O) groups excluding carboxylic acids is 2. The highest BCUT2D eigenvalue weighted by Crippen LogP contribution is 2.50. The molecule has 4 rings (SSSR count). The van der Waals surface area contributed by atoms with E-state index in [0.29, 0.717) is 37.7 Å². The lowest BCUT2D eigenvalue weighted by molar-refractivity contribution is -0.141. The maximum atomic E-state index is 14.0. The third kappa shape index (κ3) is 6.69. The number of hydrogen-bond donors (Lipinski definition) is 3. The van der Waals surface area contributed by atoms with Crippen molar-refractivity contribution in [2.45, 2.75) is 94.2 Å². The van der Waals surface area contributed by atoms with Gasteiger partial charge < -0.3 is 15.2 Å². The second-order valence-electron chi connectivity index (χ2n) is 11.0. The molecule has 0 aliphatic heterocycles. The van der Waals surface area contributed by atoms with Crippen molar-refractivity contribution >= 4 is 39.1 Å². The van der Waals surface area contributed by atoms with Crippen LogP contribution in [0.3, 0.4) is 0 Å². The van der Waals surface area contributed by atoms with Gasteiger partial charge in [-0.3, -0.25) is 0 Å². The number of anilines is 1. The van der Waals surface area contributed by atoms with Crippen LogP contribution in [-0.2, 0) is 39.3 Å². The molecular weight excluding hydrogens is 559 g/mol. The van der Waals surface area contributed by atoms with Crippen molar-refractivity contribution in [3.8, 4) is 0 Å². The summed E-state index contributed by atoms with van der Waals surface area (Å²) in [6, 6.07) is -1.22. The zero-order chi connectivity index (χ0) is 29.0. The summed E-state index contributed by atoms with van der Waals surface area (Å²) in [6.45, 7) is 7.64. The molecule has 1 saturated carbocycles. The zero-order valence-electron chi connectivity index (χ0n) is 22.1. The highest BCUT2D eigenvalue weighted by molar-refractivity contribution is 7.94. The minimum atomic E-state index is -4.73. The summed E-state index contributed by atoms with van der Waals surface area (Å²) in [5, 5.41) is 12.9. The smallest absolute Gasteiger partial charge is 0.433 e. The first-order valence-corrected chi connectivity index (χ1v) is 14.6. The first-order valence-electron chi connectivity index (χ1n) is 12.3. The van der Waals surface area contributed by atoms with Gasteiger partial charge in [-0.25, -0.2) is 28.5 Å². The van der Waals surface area contributed by atoms with Crippen molar-refractivity contribution < 1.29 is 36.8 Å². The Hall–Kier alpha value is -2.78. The van der Waals surface area contributed by atoms with Gasteiger partial charge in [0.2, 0.25) is 0 Å². The Bertz CT molecular complexity index is 1430. The van der Waals surface area contributed by atoms with Gasteiger partial charge in [-0.05, 0) is 78.2 Å². The number of thiazole rings is 1. The Labute approximate surface area is 228 Å². The molecule has 2 aliphatic carbocycles. The molecule has 214 valence electrons. The number of aromatic nitrogens is 2. The number of ether oxygens (including phenoxy) is 1. The fraction of sp³-hybridized carbons (Fsp3) is 0.583. The number of urea groups is 1. The molecule has 15 heteroatoms. The lowest BCUT2D eigenvalue weighted by Gasteiger charge is -2.21. The second-order valence-corrected chi connectivity index (χ2v) is 14.2. The highest BCUT2D eigenvalue weighted by atomic mass is 32.2. The molecule has 2 aromatic heterocycles. The summed E-state index contributed by atoms with van der Waals surface area (Å²) in [5.41, 5.74) is -2.77. The summed E-state index contributed by atoms with van der Waals surface area (Å²) in [4.78, 5) is 33.7. The summed E-state index contributed by atoms with van der Waals surface area (Å²) >= 11 is 0.760. The van der Waals surface area contributed by atoms with E-state index in [-0.39, 0.29) is 26.2 Å². The van der Waals surface area contributed by atoms with Crippen molar-refractivity contribution in [2.24, 2.45) is 4.36 Å². The average Bonchev–Trinajstić information content (AvgIpc) is 3.25. The molecule has 0 saturated heterocycles. The maximum absolute atomic E-state index is 14.0. The van der Waals surface area contributed by atoms with Crippen LogP contribution in [0.5, 0.6) is 0 Å². The fourth-order valence-corrected chi connectivity index (χ4v) is 6.73. The topological polar surface area (TPSA) is 143 Å². The van der Waals surface area contributed by atoms with Gasteiger partial charge in [0.25, 0.3) is 0 Å². The van der Waals surface area contributed by atoms with Crippen LogP contribution in [0.25, 0.3) is 0 Å². The highest BCUT2D eigenvalue weighted by Gasteiger charge is 2.44. The number of aryl methyl sites for hydroxylation is 1. The molecule has 2 aliphatic rings. The van der Waals surface area contributed by atoms with Crippen molar-refractivity contribution in [3.05, 3.63) is 33.7 Å². The number of aliphatic hydroxyl groups is 1. The summed E-state index contributed by atoms with van der Waals surface area (Å²) < 4.78 is 66.7. The Morgan fingerprint density at radius 3 is 2.38 bits per heavy atom. The molecular formula is C24H30F3N5O5S2. The number of alkyl halides is 3. The van der Waals surface area contributed by atoms with Gasteiger partial charge in [-0.1, -0.05) is 0 Å². The minimum Gasteiger partial charge on any atom is -0.443 e. The van der Waals surface area contributed by atoms with E-state index >= 15 is 0 Å². The van der Waals surface area contributed by atoms with E-state index < -0.39 is 51.0 Å². The first-order chi connectivity index (χ1) is 17.9. The van der Waals surface area contributed by atoms with E-state index in [1.165, 1.54) is 13.8 Å². The van der Waals surface area contributed by atoms with Gasteiger partial charge in [0.15, 0.2) is 9.92 Å². The third-order valence-corrected chi connectivity index (χ3v) is 9.41. The van der Waals surface area contributed by atoms with Crippen LogP contribution < -0.4 is 10.0 Å². The molecule has 1 fully saturated rings. The molecule has 3 amide bonds. The lowest BCUT2D eigenvalue weighted by atomic mass is 10.00. The van der Waals surface area contributed by atoms with Gasteiger partial charge in [0, 0.05) is 11.3 Å². The van der Waals surface area contributed by atoms with Gasteiger partial charge in [0.05, 0.1) is 11.9 Å². The van der Waals surface area contributed by atoms with Crippen LogP contribution in [0.2, 0.25) is 0 Å². The number of hydrogen-bond acceptors (Lipinski definition) is 8. The monoisotopic (exact) mass is 589 g/mol. The van der Waals surface area contributed by atoms with Gasteiger partial charge in [0.1, 0.15) is 26.1 Å². The molecule has 2 heterocycles. The number of nitrogens with one attached hydrogen (secondary N) is 2. The Morgan fingerprint density at radius 1 is 1.18 bits per heavy atom. The van der Waals surface area contributed by atoms with E-state index in [1.807, 2.05) is 0 Å². The molecule has 0 aromatic carbocycles. The van der Waals surface area contributed by atoms with Crippen LogP contribution >= 0.6 is 11.3 Å². The predicted octanol–water partition coefficient (Wildman–Crippen LogP) is 5.65. The molecule has 3 N–H and O–H groups in total. The van der Waals surface area contributed by atoms with Crippen molar-refractivity contribution in [3.63, 3.8) is 0 Å². The first kappa shape index (κ1) is 29.2. The fourth-order valence-electron chi connectivity index (χ4n) is 4.17. The maximum Gasteiger partial charge on any atom is 0.433 e. The molecule has 10 nitrogen and oxygen atoms in total. The standard InChI is InChI=1S/C24H30F3N5O5S2/c1-22(2,3)37-21(34)32-39(36,15-11-28-19(38-15)23(4,5)35)31-20(33)30-17-13-7-6-8-14(13)29-18(24(25,26)27)16(17)12-9-10-12/h11-12,35H,6-10H2,1-5H3,(H2,29,30,31,32,33,34,36). The molecule has 0 spiro atoms. The summed E-state index contributed by atoms with van der Waals surface area (Å²) in [6.07, 6.45) is -2.39. The second kappa shape index (κ2) is 10.0. The molecule has 39 heavy (non-hydrogen) atoms. The predicted molar refractivity (Wildman–Crippen MR) is 138 cm³/mol. The van der Waals surface area contributed by atoms with Gasteiger partial charge >= 0.3 is 18.3 Å². The summed E-state index contributed by atoms with van der Waals surface area (Å²) in [5.74, 6) is -0.421. The van der Waals surface area contributed by atoms with Crippen LogP contribution in [0, 0.1) is 0 Å². The average molecular weight is 590 g/mol. The SMILES string of the molecule is CC(C)(C)OC(=O)NS(=O)(=NC(=O)Nc1c2c(nc(C(F)(F)F)c1C1CC1)CCC2)c1cnc(C(C)(C)O)s1. The van der Waals surface area contributed by atoms with Crippen LogP contribution in [0.4, 0.5) is 28.4 Å². The minimum absolute atomic E-state index is 0.0124. The van der Waals surface area contributed by atoms with E-state index in [9.17, 15) is 32.1 Å². The molecule has 1 unspecified atom stereocenters. The van der Waals surface area contributed by atoms with E-state index in [1.54, 1.807) is 20.8 Å². The molecule has 1 atom stereocenters. The van der Waals surface area contributed by atoms with E-state index in [0.717, 1.165) is 17.5 Å². The van der Waals surface area contributed by atoms with Crippen LogP contribution in [-0.4, -0.2) is 37.0 Å². The number of fused-ring (bicyclic) bond motifs is 1. The van der Waals surface area contributed by atoms with Crippen molar-refractivity contribution in [2.75, 3.05) is 5.32 Å². The van der Waals surface area contributed by atoms with Crippen LogP contribution in [0.15, 0.2) is 14.8 Å². The number of amides is 3. The van der Waals surface area contributed by atoms with Crippen molar-refractivity contribution in [1.29, 1.82) is 0 Å². The number of pyridine rings is 1. The van der Waals surface area contributed by atoms with Gasteiger partial charge in [-0.15, -0.1) is 15.7 Å². The normalized spacial score (nSPS) is 17.3. The Kier molecular flexibility index (Phi) is 7.49. The molecule has 0 bridgehead atoms. The van der Waals surface area contributed by atoms with E-state index in [4.69, 9.17) is 4.74 Å². The Balaban J connectivity index is 1.78. The molecule has 0 radical (unpaired) electrons. The van der Waals surface area contributed by atoms with E-state index in [2.05, 4.69) is 24.4 Å². The number of carbonyl (C=O) groups is 2. The van der Waals surface area contributed by atoms with Gasteiger partial charge in [-0.2, -0.15) is 13.2 Å². The lowest BCUT2D eigenvalue weighted by Crippen LogP contribution is -2.36. The Morgan fingerprint density at radius 2 is 1.85 bits per heavy atom. The van der Waals surface area contributed by atoms with Crippen LogP contribution in [0.1, 0.15) is 87.3 Å². The zero-order valence-corrected chi connectivity index (χ0v) is 23.7. The number of rotatable bonds is 5. The quantitative estimate of drug-likeness (QED) is 0.409.